The van der Waals surface area contributed by atoms with E-state index >= 15 is 0 Å². The molecule has 0 spiro atoms. The molecule has 1 aliphatic rings. The number of rotatable bonds is 2. The van der Waals surface area contributed by atoms with E-state index in [1.54, 1.807) is 16.3 Å². The zero-order chi connectivity index (χ0) is 16.8. The minimum Gasteiger partial charge on any atom is -0.336 e. The van der Waals surface area contributed by atoms with Crippen molar-refractivity contribution in [2.24, 2.45) is 0 Å². The molecule has 3 heterocycles. The SMILES string of the molecule is Cc1cc(C)n2c(C(=O)N(C)C3CCS(=O)(=O)CC3)nnc2n1. The van der Waals surface area contributed by atoms with Gasteiger partial charge in [0, 0.05) is 24.5 Å². The van der Waals surface area contributed by atoms with Crippen LogP contribution in [-0.4, -0.2) is 63.4 Å². The van der Waals surface area contributed by atoms with Crippen LogP contribution >= 0.6 is 0 Å². The van der Waals surface area contributed by atoms with Gasteiger partial charge in [-0.1, -0.05) is 0 Å². The molecule has 0 saturated carbocycles. The second kappa shape index (κ2) is 5.55. The zero-order valence-corrected chi connectivity index (χ0v) is 14.2. The maximum atomic E-state index is 12.7. The van der Waals surface area contributed by atoms with Gasteiger partial charge >= 0.3 is 0 Å². The number of amides is 1. The number of aryl methyl sites for hydroxylation is 2. The third-order valence-electron chi connectivity index (χ3n) is 4.28. The van der Waals surface area contributed by atoms with Gasteiger partial charge in [-0.2, -0.15) is 0 Å². The minimum absolute atomic E-state index is 0.0999. The fourth-order valence-corrected chi connectivity index (χ4v) is 4.42. The summed E-state index contributed by atoms with van der Waals surface area (Å²) in [6, 6.07) is 1.76. The van der Waals surface area contributed by atoms with Crippen LogP contribution in [0.4, 0.5) is 0 Å². The molecule has 1 fully saturated rings. The molecule has 1 amide bonds. The minimum atomic E-state index is -2.96. The average Bonchev–Trinajstić information content (AvgIpc) is 2.89. The van der Waals surface area contributed by atoms with Crippen molar-refractivity contribution in [1.82, 2.24) is 24.5 Å². The van der Waals surface area contributed by atoms with E-state index in [2.05, 4.69) is 15.2 Å². The molecule has 0 aromatic carbocycles. The van der Waals surface area contributed by atoms with Crippen molar-refractivity contribution < 1.29 is 13.2 Å². The maximum absolute atomic E-state index is 12.7. The quantitative estimate of drug-likeness (QED) is 0.786. The lowest BCUT2D eigenvalue weighted by atomic mass is 10.1. The van der Waals surface area contributed by atoms with Crippen LogP contribution in [0.2, 0.25) is 0 Å². The summed E-state index contributed by atoms with van der Waals surface area (Å²) in [4.78, 5) is 18.6. The fraction of sp³-hybridized carbons (Fsp3) is 0.571. The first-order valence-electron chi connectivity index (χ1n) is 7.45. The van der Waals surface area contributed by atoms with Gasteiger partial charge in [-0.25, -0.2) is 13.4 Å². The second-order valence-electron chi connectivity index (χ2n) is 6.00. The molecule has 23 heavy (non-hydrogen) atoms. The number of hydrogen-bond donors (Lipinski definition) is 0. The predicted octanol–water partition coefficient (Wildman–Crippen LogP) is 0.390. The molecule has 9 heteroatoms. The number of nitrogens with zero attached hydrogens (tertiary/aromatic N) is 5. The Balaban J connectivity index is 1.89. The van der Waals surface area contributed by atoms with Crippen LogP contribution in [-0.2, 0) is 9.84 Å². The van der Waals surface area contributed by atoms with Crippen molar-refractivity contribution in [3.63, 3.8) is 0 Å². The molecule has 0 aliphatic carbocycles. The maximum Gasteiger partial charge on any atom is 0.292 e. The first kappa shape index (κ1) is 15.9. The van der Waals surface area contributed by atoms with E-state index in [1.807, 2.05) is 19.9 Å². The van der Waals surface area contributed by atoms with Gasteiger partial charge in [0.2, 0.25) is 5.82 Å². The number of carbonyl (C=O) groups excluding carboxylic acids is 1. The van der Waals surface area contributed by atoms with Gasteiger partial charge in [0.05, 0.1) is 11.5 Å². The van der Waals surface area contributed by atoms with Gasteiger partial charge in [0.15, 0.2) is 0 Å². The summed E-state index contributed by atoms with van der Waals surface area (Å²) in [5.41, 5.74) is 1.65. The molecule has 3 rings (SSSR count). The second-order valence-corrected chi connectivity index (χ2v) is 8.30. The molecule has 0 atom stereocenters. The molecule has 0 radical (unpaired) electrons. The van der Waals surface area contributed by atoms with Gasteiger partial charge in [0.25, 0.3) is 11.7 Å². The van der Waals surface area contributed by atoms with Crippen LogP contribution in [0.15, 0.2) is 6.07 Å². The Labute approximate surface area is 134 Å². The Morgan fingerprint density at radius 1 is 1.26 bits per heavy atom. The van der Waals surface area contributed by atoms with Crippen molar-refractivity contribution in [1.29, 1.82) is 0 Å². The van der Waals surface area contributed by atoms with Crippen LogP contribution in [0.3, 0.4) is 0 Å². The summed E-state index contributed by atoms with van der Waals surface area (Å²) in [5.74, 6) is 0.577. The van der Waals surface area contributed by atoms with Crippen LogP contribution in [0.1, 0.15) is 34.8 Å². The van der Waals surface area contributed by atoms with Gasteiger partial charge < -0.3 is 4.90 Å². The molecule has 2 aromatic heterocycles. The lowest BCUT2D eigenvalue weighted by Gasteiger charge is -2.30. The van der Waals surface area contributed by atoms with E-state index < -0.39 is 9.84 Å². The Hall–Kier alpha value is -2.03. The molecular formula is C14H19N5O3S. The summed E-state index contributed by atoms with van der Waals surface area (Å²) >= 11 is 0. The summed E-state index contributed by atoms with van der Waals surface area (Å²) in [6.45, 7) is 3.73. The summed E-state index contributed by atoms with van der Waals surface area (Å²) in [7, 11) is -1.27. The predicted molar refractivity (Wildman–Crippen MR) is 84.0 cm³/mol. The highest BCUT2D eigenvalue weighted by molar-refractivity contribution is 7.91. The van der Waals surface area contributed by atoms with Crippen molar-refractivity contribution >= 4 is 21.5 Å². The monoisotopic (exact) mass is 337 g/mol. The number of aromatic nitrogens is 4. The molecular weight excluding hydrogens is 318 g/mol. The highest BCUT2D eigenvalue weighted by Gasteiger charge is 2.31. The van der Waals surface area contributed by atoms with Crippen LogP contribution < -0.4 is 0 Å². The highest BCUT2D eigenvalue weighted by atomic mass is 32.2. The Bertz CT molecular complexity index is 860. The number of fused-ring (bicyclic) bond motifs is 1. The van der Waals surface area contributed by atoms with Crippen molar-refractivity contribution in [3.05, 3.63) is 23.3 Å². The summed E-state index contributed by atoms with van der Waals surface area (Å²) in [6.07, 6.45) is 0.912. The van der Waals surface area contributed by atoms with Crippen molar-refractivity contribution in [2.75, 3.05) is 18.6 Å². The first-order valence-corrected chi connectivity index (χ1v) is 9.27. The summed E-state index contributed by atoms with van der Waals surface area (Å²) in [5, 5.41) is 7.95. The van der Waals surface area contributed by atoms with E-state index in [-0.39, 0.29) is 29.3 Å². The van der Waals surface area contributed by atoms with E-state index in [0.717, 1.165) is 11.4 Å². The number of hydrogen-bond acceptors (Lipinski definition) is 6. The largest absolute Gasteiger partial charge is 0.336 e. The van der Waals surface area contributed by atoms with E-state index in [1.165, 1.54) is 0 Å². The van der Waals surface area contributed by atoms with Gasteiger partial charge in [-0.05, 0) is 32.8 Å². The molecule has 0 bridgehead atoms. The Morgan fingerprint density at radius 2 is 1.91 bits per heavy atom. The topological polar surface area (TPSA) is 97.5 Å². The smallest absolute Gasteiger partial charge is 0.292 e. The molecule has 8 nitrogen and oxygen atoms in total. The number of sulfone groups is 1. The fourth-order valence-electron chi connectivity index (χ4n) is 2.96. The van der Waals surface area contributed by atoms with Crippen molar-refractivity contribution in [2.45, 2.75) is 32.7 Å². The van der Waals surface area contributed by atoms with Crippen molar-refractivity contribution in [3.8, 4) is 0 Å². The summed E-state index contributed by atoms with van der Waals surface area (Å²) < 4.78 is 24.7. The van der Waals surface area contributed by atoms with E-state index in [0.29, 0.717) is 18.6 Å². The molecule has 0 N–H and O–H groups in total. The lowest BCUT2D eigenvalue weighted by molar-refractivity contribution is 0.0707. The van der Waals surface area contributed by atoms with Gasteiger partial charge in [0.1, 0.15) is 9.84 Å². The van der Waals surface area contributed by atoms with E-state index in [4.69, 9.17) is 0 Å². The molecule has 124 valence electrons. The van der Waals surface area contributed by atoms with Crippen LogP contribution in [0, 0.1) is 13.8 Å². The van der Waals surface area contributed by atoms with E-state index in [9.17, 15) is 13.2 Å². The average molecular weight is 337 g/mol. The first-order chi connectivity index (χ1) is 10.8. The Morgan fingerprint density at radius 3 is 2.57 bits per heavy atom. The highest BCUT2D eigenvalue weighted by Crippen LogP contribution is 2.19. The normalized spacial score (nSPS) is 18.2. The lowest BCUT2D eigenvalue weighted by Crippen LogP contribution is -2.43. The van der Waals surface area contributed by atoms with Gasteiger partial charge in [-0.3, -0.25) is 9.20 Å². The Kier molecular flexibility index (Phi) is 3.83. The van der Waals surface area contributed by atoms with Crippen LogP contribution in [0.25, 0.3) is 5.78 Å². The number of carbonyl (C=O) groups is 1. The molecule has 1 aliphatic heterocycles. The molecule has 0 unspecified atom stereocenters. The third kappa shape index (κ3) is 2.92. The van der Waals surface area contributed by atoms with Crippen LogP contribution in [0.5, 0.6) is 0 Å². The molecule has 2 aromatic rings. The molecule has 1 saturated heterocycles. The third-order valence-corrected chi connectivity index (χ3v) is 5.99. The zero-order valence-electron chi connectivity index (χ0n) is 13.4. The standard InChI is InChI=1S/C14H19N5O3S/c1-9-8-10(2)19-12(16-17-14(19)15-9)13(20)18(3)11-4-6-23(21,22)7-5-11/h8,11H,4-7H2,1-3H3. The van der Waals surface area contributed by atoms with Gasteiger partial charge in [-0.15, -0.1) is 10.2 Å².